The minimum Gasteiger partial charge on any atom is -0.383 e. The molecule has 0 amide bonds. The van der Waals surface area contributed by atoms with E-state index < -0.39 is 11.6 Å². The normalized spacial score (nSPS) is 11.3. The van der Waals surface area contributed by atoms with E-state index in [2.05, 4.69) is 0 Å². The van der Waals surface area contributed by atoms with Gasteiger partial charge in [-0.1, -0.05) is 0 Å². The van der Waals surface area contributed by atoms with Crippen molar-refractivity contribution in [1.82, 2.24) is 4.90 Å². The number of halogens is 2. The van der Waals surface area contributed by atoms with Gasteiger partial charge in [-0.25, -0.2) is 8.78 Å². The van der Waals surface area contributed by atoms with E-state index in [9.17, 15) is 13.6 Å². The largest absolute Gasteiger partial charge is 0.383 e. The number of carbonyl (C=O) groups excluding carboxylic acids is 1. The molecule has 0 aliphatic heterocycles. The molecule has 19 heavy (non-hydrogen) atoms. The van der Waals surface area contributed by atoms with Crippen molar-refractivity contribution >= 4 is 5.78 Å². The molecule has 0 heterocycles. The van der Waals surface area contributed by atoms with Crippen LogP contribution in [0.2, 0.25) is 0 Å². The quantitative estimate of drug-likeness (QED) is 0.714. The maximum atomic E-state index is 13.5. The number of hydrogen-bond acceptors (Lipinski definition) is 3. The number of ketones is 1. The summed E-state index contributed by atoms with van der Waals surface area (Å²) in [5.74, 6) is -1.86. The van der Waals surface area contributed by atoms with Crippen LogP contribution in [0.1, 0.15) is 24.2 Å². The molecule has 5 heteroatoms. The van der Waals surface area contributed by atoms with E-state index in [1.807, 2.05) is 18.7 Å². The van der Waals surface area contributed by atoms with Crippen molar-refractivity contribution in [3.05, 3.63) is 35.4 Å². The van der Waals surface area contributed by atoms with Gasteiger partial charge in [-0.3, -0.25) is 9.69 Å². The average Bonchev–Trinajstić information content (AvgIpc) is 2.33. The summed E-state index contributed by atoms with van der Waals surface area (Å²) < 4.78 is 31.3. The van der Waals surface area contributed by atoms with Crippen LogP contribution in [0.4, 0.5) is 8.78 Å². The minimum absolute atomic E-state index is 0.0792. The van der Waals surface area contributed by atoms with Gasteiger partial charge in [0.15, 0.2) is 5.78 Å². The fourth-order valence-electron chi connectivity index (χ4n) is 1.71. The highest BCUT2D eigenvalue weighted by atomic mass is 19.1. The van der Waals surface area contributed by atoms with Gasteiger partial charge in [0.05, 0.1) is 18.7 Å². The molecule has 0 saturated carbocycles. The molecule has 0 unspecified atom stereocenters. The maximum absolute atomic E-state index is 13.5. The van der Waals surface area contributed by atoms with E-state index in [0.717, 1.165) is 12.1 Å². The van der Waals surface area contributed by atoms with Crippen molar-refractivity contribution in [1.29, 1.82) is 0 Å². The van der Waals surface area contributed by atoms with E-state index >= 15 is 0 Å². The topological polar surface area (TPSA) is 29.5 Å². The van der Waals surface area contributed by atoms with E-state index in [0.29, 0.717) is 13.2 Å². The number of rotatable bonds is 7. The lowest BCUT2D eigenvalue weighted by atomic mass is 10.1. The van der Waals surface area contributed by atoms with Gasteiger partial charge in [-0.15, -0.1) is 0 Å². The Morgan fingerprint density at radius 1 is 1.37 bits per heavy atom. The third-order valence-corrected chi connectivity index (χ3v) is 2.89. The molecule has 1 aromatic carbocycles. The summed E-state index contributed by atoms with van der Waals surface area (Å²) in [6, 6.07) is 3.14. The van der Waals surface area contributed by atoms with Crippen LogP contribution >= 0.6 is 0 Å². The molecular formula is C14H19F2NO2. The Bertz CT molecular complexity index is 435. The van der Waals surface area contributed by atoms with Crippen LogP contribution in [0.25, 0.3) is 0 Å². The summed E-state index contributed by atoms with van der Waals surface area (Å²) in [7, 11) is 1.58. The SMILES string of the molecule is COCCN(CC(=O)c1ccc(F)cc1F)C(C)C. The zero-order valence-corrected chi connectivity index (χ0v) is 11.5. The number of benzene rings is 1. The van der Waals surface area contributed by atoms with Crippen molar-refractivity contribution in [2.75, 3.05) is 26.8 Å². The van der Waals surface area contributed by atoms with Crippen LogP contribution < -0.4 is 0 Å². The van der Waals surface area contributed by atoms with Crippen LogP contribution in [-0.2, 0) is 4.74 Å². The molecule has 1 aromatic rings. The van der Waals surface area contributed by atoms with Crippen LogP contribution in [0, 0.1) is 11.6 Å². The standard InChI is InChI=1S/C14H19F2NO2/c1-10(2)17(6-7-19-3)9-14(18)12-5-4-11(15)8-13(12)16/h4-5,8,10H,6-7,9H2,1-3H3. The first-order valence-electron chi connectivity index (χ1n) is 6.17. The monoisotopic (exact) mass is 271 g/mol. The molecule has 0 aliphatic carbocycles. The van der Waals surface area contributed by atoms with Crippen LogP contribution in [-0.4, -0.2) is 43.5 Å². The van der Waals surface area contributed by atoms with Crippen molar-refractivity contribution in [2.24, 2.45) is 0 Å². The molecule has 0 atom stereocenters. The highest BCUT2D eigenvalue weighted by molar-refractivity contribution is 5.97. The molecule has 106 valence electrons. The molecule has 0 radical (unpaired) electrons. The second-order valence-electron chi connectivity index (χ2n) is 4.60. The lowest BCUT2D eigenvalue weighted by Crippen LogP contribution is -2.38. The fraction of sp³-hybridized carbons (Fsp3) is 0.500. The number of carbonyl (C=O) groups is 1. The Hall–Kier alpha value is -1.33. The Balaban J connectivity index is 2.76. The average molecular weight is 271 g/mol. The third kappa shape index (κ3) is 4.69. The van der Waals surface area contributed by atoms with Gasteiger partial charge in [-0.05, 0) is 26.0 Å². The van der Waals surface area contributed by atoms with Crippen LogP contribution in [0.15, 0.2) is 18.2 Å². The lowest BCUT2D eigenvalue weighted by molar-refractivity contribution is 0.0848. The van der Waals surface area contributed by atoms with Gasteiger partial charge in [0.1, 0.15) is 11.6 Å². The Labute approximate surface area is 112 Å². The molecular weight excluding hydrogens is 252 g/mol. The van der Waals surface area contributed by atoms with Gasteiger partial charge >= 0.3 is 0 Å². The Kier molecular flexibility index (Phi) is 6.05. The summed E-state index contributed by atoms with van der Waals surface area (Å²) in [4.78, 5) is 13.9. The van der Waals surface area contributed by atoms with Crippen molar-refractivity contribution in [2.45, 2.75) is 19.9 Å². The first kappa shape index (κ1) is 15.7. The van der Waals surface area contributed by atoms with Crippen molar-refractivity contribution in [3.63, 3.8) is 0 Å². The third-order valence-electron chi connectivity index (χ3n) is 2.89. The predicted octanol–water partition coefficient (Wildman–Crippen LogP) is 2.50. The summed E-state index contributed by atoms with van der Waals surface area (Å²) in [5, 5.41) is 0. The Morgan fingerprint density at radius 2 is 2.05 bits per heavy atom. The van der Waals surface area contributed by atoms with Gasteiger partial charge in [0, 0.05) is 25.8 Å². The number of methoxy groups -OCH3 is 1. The maximum Gasteiger partial charge on any atom is 0.179 e. The van der Waals surface area contributed by atoms with Gasteiger partial charge in [-0.2, -0.15) is 0 Å². The zero-order chi connectivity index (χ0) is 14.4. The second kappa shape index (κ2) is 7.31. The molecule has 0 aromatic heterocycles. The molecule has 3 nitrogen and oxygen atoms in total. The number of Topliss-reactive ketones (excluding diaryl/α,β-unsaturated/α-hetero) is 1. The number of nitrogens with zero attached hydrogens (tertiary/aromatic N) is 1. The number of hydrogen-bond donors (Lipinski definition) is 0. The molecule has 0 aliphatic rings. The molecule has 0 spiro atoms. The van der Waals surface area contributed by atoms with E-state index in [1.165, 1.54) is 6.07 Å². The van der Waals surface area contributed by atoms with E-state index in [1.54, 1.807) is 7.11 Å². The summed E-state index contributed by atoms with van der Waals surface area (Å²) in [5.41, 5.74) is -0.0792. The first-order chi connectivity index (χ1) is 8.95. The fourth-order valence-corrected chi connectivity index (χ4v) is 1.71. The van der Waals surface area contributed by atoms with Gasteiger partial charge < -0.3 is 4.74 Å². The van der Waals surface area contributed by atoms with E-state index in [4.69, 9.17) is 4.74 Å². The number of ether oxygens (including phenoxy) is 1. The van der Waals surface area contributed by atoms with Crippen LogP contribution in [0.3, 0.4) is 0 Å². The van der Waals surface area contributed by atoms with Crippen molar-refractivity contribution in [3.8, 4) is 0 Å². The minimum atomic E-state index is -0.819. The highest BCUT2D eigenvalue weighted by Gasteiger charge is 2.18. The summed E-state index contributed by atoms with van der Waals surface area (Å²) in [6.45, 7) is 5.07. The first-order valence-corrected chi connectivity index (χ1v) is 6.17. The highest BCUT2D eigenvalue weighted by Crippen LogP contribution is 2.11. The van der Waals surface area contributed by atoms with Gasteiger partial charge in [0.25, 0.3) is 0 Å². The molecule has 0 N–H and O–H groups in total. The second-order valence-corrected chi connectivity index (χ2v) is 4.60. The lowest BCUT2D eigenvalue weighted by Gasteiger charge is -2.25. The van der Waals surface area contributed by atoms with Crippen molar-refractivity contribution < 1.29 is 18.3 Å². The molecule has 1 rings (SSSR count). The summed E-state index contributed by atoms with van der Waals surface area (Å²) >= 11 is 0. The predicted molar refractivity (Wildman–Crippen MR) is 69.3 cm³/mol. The Morgan fingerprint density at radius 3 is 2.58 bits per heavy atom. The smallest absolute Gasteiger partial charge is 0.179 e. The molecule has 0 saturated heterocycles. The zero-order valence-electron chi connectivity index (χ0n) is 11.5. The summed E-state index contributed by atoms with van der Waals surface area (Å²) in [6.07, 6.45) is 0. The molecule has 0 fully saturated rings. The van der Waals surface area contributed by atoms with E-state index in [-0.39, 0.29) is 23.9 Å². The molecule has 0 bridgehead atoms. The van der Waals surface area contributed by atoms with Gasteiger partial charge in [0.2, 0.25) is 0 Å². The van der Waals surface area contributed by atoms with Crippen LogP contribution in [0.5, 0.6) is 0 Å².